The average molecular weight is 604 g/mol. The molecule has 1 aromatic heterocycles. The summed E-state index contributed by atoms with van der Waals surface area (Å²) in [7, 11) is 3.25. The molecule has 1 aliphatic heterocycles. The number of carbonyl (C=O) groups is 3. The van der Waals surface area contributed by atoms with Gasteiger partial charge in [-0.15, -0.1) is 0 Å². The molecule has 240 valence electrons. The molecule has 2 heterocycles. The molecule has 2 N–H and O–H groups in total. The molecule has 2 aromatic rings. The molecule has 12 heteroatoms. The van der Waals surface area contributed by atoms with Crippen molar-refractivity contribution >= 4 is 28.9 Å². The van der Waals surface area contributed by atoms with E-state index in [4.69, 9.17) is 14.2 Å². The van der Waals surface area contributed by atoms with Crippen LogP contribution in [0.25, 0.3) is 10.9 Å². The van der Waals surface area contributed by atoms with Crippen LogP contribution in [0.1, 0.15) is 52.1 Å². The molecule has 0 unspecified atom stereocenters. The molecule has 2 amide bonds. The van der Waals surface area contributed by atoms with Crippen LogP contribution in [0.2, 0.25) is 0 Å². The zero-order valence-electron chi connectivity index (χ0n) is 26.3. The molecular weight excluding hydrogens is 554 g/mol. The number of rotatable bonds is 16. The number of aryl methyl sites for hydroxylation is 1. The third-order valence-electron chi connectivity index (χ3n) is 7.40. The van der Waals surface area contributed by atoms with Gasteiger partial charge in [0.1, 0.15) is 5.60 Å². The highest BCUT2D eigenvalue weighted by molar-refractivity contribution is 5.82. The number of piperidine rings is 1. The Morgan fingerprint density at radius 2 is 1.67 bits per heavy atom. The Morgan fingerprint density at radius 3 is 2.35 bits per heavy atom. The molecule has 0 aliphatic carbocycles. The fourth-order valence-electron chi connectivity index (χ4n) is 5.05. The van der Waals surface area contributed by atoms with Crippen LogP contribution in [0, 0.1) is 0 Å². The third kappa shape index (κ3) is 11.4. The number of hydrogen-bond acceptors (Lipinski definition) is 8. The Labute approximate surface area is 254 Å². The molecule has 0 saturated carbocycles. The smallest absolute Gasteiger partial charge is 0.421 e. The number of carbonyl (C=O) groups excluding carboxylic acids is 2. The Bertz CT molecular complexity index is 1190. The summed E-state index contributed by atoms with van der Waals surface area (Å²) in [6.45, 7) is 10.4. The minimum absolute atomic E-state index is 0.133. The molecule has 3 rings (SSSR count). The van der Waals surface area contributed by atoms with E-state index in [1.165, 1.54) is 7.05 Å². The highest BCUT2D eigenvalue weighted by Crippen LogP contribution is 2.22. The lowest BCUT2D eigenvalue weighted by Crippen LogP contribution is -2.45. The van der Waals surface area contributed by atoms with Gasteiger partial charge in [0, 0.05) is 63.9 Å². The normalized spacial score (nSPS) is 14.4. The van der Waals surface area contributed by atoms with Gasteiger partial charge in [-0.2, -0.15) is 0 Å². The van der Waals surface area contributed by atoms with Gasteiger partial charge in [-0.25, -0.2) is 14.8 Å². The SMILES string of the molecule is CN(Cc1cc2ccccc2n1CCC(=O)N1CCC(NCCOCCOCCC(=O)OC(C)(C)C)CC1)N(C)C(=O)O. The maximum Gasteiger partial charge on any atom is 0.421 e. The molecule has 0 bridgehead atoms. The fraction of sp³-hybridized carbons (Fsp3) is 0.645. The summed E-state index contributed by atoms with van der Waals surface area (Å²) in [5, 5.41) is 16.7. The van der Waals surface area contributed by atoms with Gasteiger partial charge in [0.2, 0.25) is 5.91 Å². The predicted molar refractivity (Wildman–Crippen MR) is 164 cm³/mol. The first-order valence-electron chi connectivity index (χ1n) is 15.1. The van der Waals surface area contributed by atoms with Crippen LogP contribution in [0.15, 0.2) is 30.3 Å². The number of aromatic nitrogens is 1. The van der Waals surface area contributed by atoms with Crippen molar-refractivity contribution in [2.45, 2.75) is 71.2 Å². The third-order valence-corrected chi connectivity index (χ3v) is 7.40. The Morgan fingerprint density at radius 1 is 1.00 bits per heavy atom. The van der Waals surface area contributed by atoms with Gasteiger partial charge < -0.3 is 34.1 Å². The van der Waals surface area contributed by atoms with Crippen LogP contribution < -0.4 is 5.32 Å². The second-order valence-corrected chi connectivity index (χ2v) is 11.9. The highest BCUT2D eigenvalue weighted by Gasteiger charge is 2.23. The van der Waals surface area contributed by atoms with Crippen molar-refractivity contribution in [1.29, 1.82) is 0 Å². The molecule has 0 radical (unpaired) electrons. The lowest BCUT2D eigenvalue weighted by Gasteiger charge is -2.32. The Balaban J connectivity index is 1.32. The van der Waals surface area contributed by atoms with Crippen molar-refractivity contribution < 1.29 is 33.7 Å². The minimum Gasteiger partial charge on any atom is -0.464 e. The number of fused-ring (bicyclic) bond motifs is 1. The van der Waals surface area contributed by atoms with Crippen LogP contribution in [0.3, 0.4) is 0 Å². The van der Waals surface area contributed by atoms with Gasteiger partial charge in [-0.1, -0.05) is 18.2 Å². The maximum atomic E-state index is 13.1. The molecule has 1 aromatic carbocycles. The number of benzene rings is 1. The van der Waals surface area contributed by atoms with E-state index >= 15 is 0 Å². The zero-order valence-corrected chi connectivity index (χ0v) is 26.3. The molecule has 12 nitrogen and oxygen atoms in total. The molecule has 1 saturated heterocycles. The Kier molecular flexibility index (Phi) is 13.2. The Hall–Kier alpha value is -3.19. The number of likely N-dealkylation sites (tertiary alicyclic amines) is 1. The summed E-state index contributed by atoms with van der Waals surface area (Å²) in [4.78, 5) is 38.1. The number of esters is 1. The lowest BCUT2D eigenvalue weighted by molar-refractivity contribution is -0.156. The summed E-state index contributed by atoms with van der Waals surface area (Å²) in [6.07, 6.45) is 1.38. The maximum absolute atomic E-state index is 13.1. The van der Waals surface area contributed by atoms with Crippen LogP contribution in [-0.4, -0.2) is 114 Å². The number of nitrogens with one attached hydrogen (secondary N) is 1. The average Bonchev–Trinajstić information content (AvgIpc) is 3.30. The molecule has 0 spiro atoms. The fourth-order valence-corrected chi connectivity index (χ4v) is 5.05. The molecule has 1 fully saturated rings. The van der Waals surface area contributed by atoms with E-state index in [9.17, 15) is 19.5 Å². The van der Waals surface area contributed by atoms with Crippen molar-refractivity contribution in [3.8, 4) is 0 Å². The van der Waals surface area contributed by atoms with Crippen LogP contribution in [-0.2, 0) is 36.9 Å². The molecular formula is C31H49N5O7. The number of nitrogens with zero attached hydrogens (tertiary/aromatic N) is 4. The lowest BCUT2D eigenvalue weighted by atomic mass is 10.0. The number of hydrogen-bond donors (Lipinski definition) is 2. The van der Waals surface area contributed by atoms with E-state index in [0.29, 0.717) is 65.1 Å². The predicted octanol–water partition coefficient (Wildman–Crippen LogP) is 3.33. The number of amides is 2. The van der Waals surface area contributed by atoms with Gasteiger partial charge in [-0.3, -0.25) is 9.59 Å². The van der Waals surface area contributed by atoms with Gasteiger partial charge in [0.25, 0.3) is 0 Å². The van der Waals surface area contributed by atoms with Crippen molar-refractivity contribution in [3.05, 3.63) is 36.0 Å². The second kappa shape index (κ2) is 16.6. The molecule has 1 aliphatic rings. The summed E-state index contributed by atoms with van der Waals surface area (Å²) >= 11 is 0. The van der Waals surface area contributed by atoms with Crippen LogP contribution >= 0.6 is 0 Å². The largest absolute Gasteiger partial charge is 0.464 e. The van der Waals surface area contributed by atoms with Crippen LogP contribution in [0.5, 0.6) is 0 Å². The van der Waals surface area contributed by atoms with Crippen molar-refractivity contribution in [1.82, 2.24) is 24.8 Å². The number of hydrazine groups is 1. The second-order valence-electron chi connectivity index (χ2n) is 11.9. The van der Waals surface area contributed by atoms with Crippen molar-refractivity contribution in [2.24, 2.45) is 0 Å². The summed E-state index contributed by atoms with van der Waals surface area (Å²) in [6, 6.07) is 10.4. The summed E-state index contributed by atoms with van der Waals surface area (Å²) in [5.74, 6) is -0.131. The minimum atomic E-state index is -1.02. The van der Waals surface area contributed by atoms with Gasteiger partial charge >= 0.3 is 12.1 Å². The van der Waals surface area contributed by atoms with E-state index in [-0.39, 0.29) is 18.3 Å². The number of para-hydroxylation sites is 1. The summed E-state index contributed by atoms with van der Waals surface area (Å²) < 4.78 is 18.4. The van der Waals surface area contributed by atoms with Crippen molar-refractivity contribution in [2.75, 3.05) is 60.2 Å². The van der Waals surface area contributed by atoms with E-state index in [0.717, 1.165) is 41.0 Å². The van der Waals surface area contributed by atoms with Gasteiger partial charge in [0.15, 0.2) is 0 Å². The first-order valence-corrected chi connectivity index (χ1v) is 15.1. The number of carboxylic acid groups (broad SMARTS) is 1. The van der Waals surface area contributed by atoms with Crippen LogP contribution in [0.4, 0.5) is 4.79 Å². The van der Waals surface area contributed by atoms with E-state index in [2.05, 4.69) is 16.0 Å². The summed E-state index contributed by atoms with van der Waals surface area (Å²) in [5.41, 5.74) is 1.52. The molecule has 0 atom stereocenters. The first-order chi connectivity index (χ1) is 20.4. The molecule has 43 heavy (non-hydrogen) atoms. The topological polar surface area (TPSA) is 126 Å². The number of ether oxygens (including phenoxy) is 3. The van der Waals surface area contributed by atoms with Crippen molar-refractivity contribution in [3.63, 3.8) is 0 Å². The van der Waals surface area contributed by atoms with E-state index in [1.807, 2.05) is 49.9 Å². The van der Waals surface area contributed by atoms with E-state index in [1.54, 1.807) is 12.1 Å². The standard InChI is InChI=1S/C31H49N5O7/c1-31(2,3)43-29(38)13-18-41-20-21-42-19-14-32-25-10-15-35(16-11-25)28(37)12-17-36-26(23-33(4)34(5)30(39)40)22-24-8-6-7-9-27(24)36/h6-9,22,25,32H,10-21,23H2,1-5H3,(H,39,40). The van der Waals surface area contributed by atoms with Gasteiger partial charge in [-0.05, 0) is 51.1 Å². The van der Waals surface area contributed by atoms with Gasteiger partial charge in [0.05, 0.1) is 39.4 Å². The zero-order chi connectivity index (χ0) is 31.4. The first kappa shape index (κ1) is 34.3. The highest BCUT2D eigenvalue weighted by atomic mass is 16.6. The monoisotopic (exact) mass is 603 g/mol. The van der Waals surface area contributed by atoms with E-state index < -0.39 is 11.7 Å². The quantitative estimate of drug-likeness (QED) is 0.169.